The number of halogens is 1. The van der Waals surface area contributed by atoms with E-state index in [1.807, 2.05) is 6.07 Å². The van der Waals surface area contributed by atoms with Gasteiger partial charge < -0.3 is 9.88 Å². The molecule has 2 heterocycles. The number of rotatable bonds is 4. The van der Waals surface area contributed by atoms with Crippen molar-refractivity contribution >= 4 is 17.3 Å². The SMILES string of the molecule is Cc1c(F)cc(C(=O)Nc2cccc(-c3nnc4n3CCCCC4)c2)cc1[N+](=O)[O-]. The molecule has 0 aliphatic carbocycles. The number of benzene rings is 2. The van der Waals surface area contributed by atoms with Crippen molar-refractivity contribution in [1.29, 1.82) is 0 Å². The van der Waals surface area contributed by atoms with Gasteiger partial charge in [0.1, 0.15) is 11.6 Å². The van der Waals surface area contributed by atoms with Crippen LogP contribution in [0.5, 0.6) is 0 Å². The molecule has 8 nitrogen and oxygen atoms in total. The third-order valence-corrected chi connectivity index (χ3v) is 5.26. The summed E-state index contributed by atoms with van der Waals surface area (Å²) in [7, 11) is 0. The number of amides is 1. The number of nitro groups is 1. The van der Waals surface area contributed by atoms with Gasteiger partial charge in [0.15, 0.2) is 5.82 Å². The molecule has 30 heavy (non-hydrogen) atoms. The molecular weight excluding hydrogens is 389 g/mol. The standard InChI is InChI=1S/C21H20FN5O3/c1-13-17(22)11-15(12-18(13)27(29)30)21(28)23-16-7-5-6-14(10-16)20-25-24-19-8-3-2-4-9-26(19)20/h5-7,10-12H,2-4,8-9H2,1H3,(H,23,28). The first-order chi connectivity index (χ1) is 14.4. The summed E-state index contributed by atoms with van der Waals surface area (Å²) in [5, 5.41) is 22.4. The van der Waals surface area contributed by atoms with Crippen LogP contribution < -0.4 is 5.32 Å². The lowest BCUT2D eigenvalue weighted by Gasteiger charge is -2.10. The van der Waals surface area contributed by atoms with E-state index in [9.17, 15) is 19.3 Å². The van der Waals surface area contributed by atoms with Gasteiger partial charge in [-0.3, -0.25) is 14.9 Å². The predicted octanol–water partition coefficient (Wildman–Crippen LogP) is 4.28. The fourth-order valence-electron chi connectivity index (χ4n) is 3.62. The van der Waals surface area contributed by atoms with E-state index in [2.05, 4.69) is 20.1 Å². The lowest BCUT2D eigenvalue weighted by molar-refractivity contribution is -0.385. The highest BCUT2D eigenvalue weighted by molar-refractivity contribution is 6.05. The largest absolute Gasteiger partial charge is 0.322 e. The molecule has 154 valence electrons. The fraction of sp³-hybridized carbons (Fsp3) is 0.286. The zero-order chi connectivity index (χ0) is 21.3. The molecule has 2 aromatic carbocycles. The van der Waals surface area contributed by atoms with E-state index in [-0.39, 0.29) is 11.1 Å². The minimum atomic E-state index is -0.797. The molecule has 0 fully saturated rings. The molecule has 0 radical (unpaired) electrons. The molecule has 1 aliphatic heterocycles. The van der Waals surface area contributed by atoms with Crippen LogP contribution in [-0.4, -0.2) is 25.6 Å². The summed E-state index contributed by atoms with van der Waals surface area (Å²) in [6.45, 7) is 2.15. The van der Waals surface area contributed by atoms with Gasteiger partial charge >= 0.3 is 0 Å². The van der Waals surface area contributed by atoms with Crippen LogP contribution in [0.3, 0.4) is 0 Å². The van der Waals surface area contributed by atoms with Gasteiger partial charge in [-0.1, -0.05) is 18.6 Å². The van der Waals surface area contributed by atoms with Crippen LogP contribution in [0.2, 0.25) is 0 Å². The highest BCUT2D eigenvalue weighted by Gasteiger charge is 2.20. The first kappa shape index (κ1) is 19.7. The maximum Gasteiger partial charge on any atom is 0.276 e. The maximum absolute atomic E-state index is 14.0. The summed E-state index contributed by atoms with van der Waals surface area (Å²) in [5.41, 5.74) is 0.624. The molecule has 1 N–H and O–H groups in total. The van der Waals surface area contributed by atoms with E-state index in [1.165, 1.54) is 6.92 Å². The van der Waals surface area contributed by atoms with E-state index in [0.29, 0.717) is 5.69 Å². The Labute approximate surface area is 171 Å². The summed E-state index contributed by atoms with van der Waals surface area (Å²) in [4.78, 5) is 23.0. The number of hydrogen-bond acceptors (Lipinski definition) is 5. The smallest absolute Gasteiger partial charge is 0.276 e. The van der Waals surface area contributed by atoms with Gasteiger partial charge in [-0.2, -0.15) is 0 Å². The fourth-order valence-corrected chi connectivity index (χ4v) is 3.62. The maximum atomic E-state index is 14.0. The molecule has 1 aromatic heterocycles. The molecule has 0 unspecified atom stereocenters. The average molecular weight is 409 g/mol. The highest BCUT2D eigenvalue weighted by atomic mass is 19.1. The summed E-state index contributed by atoms with van der Waals surface area (Å²) >= 11 is 0. The van der Waals surface area contributed by atoms with E-state index in [4.69, 9.17) is 0 Å². The Kier molecular flexibility index (Phi) is 5.26. The van der Waals surface area contributed by atoms with Crippen molar-refractivity contribution in [2.45, 2.75) is 39.2 Å². The van der Waals surface area contributed by atoms with Crippen LogP contribution in [0.15, 0.2) is 36.4 Å². The van der Waals surface area contributed by atoms with Gasteiger partial charge in [0.2, 0.25) is 0 Å². The normalized spacial score (nSPS) is 13.4. The Balaban J connectivity index is 1.61. The zero-order valence-corrected chi connectivity index (χ0v) is 16.4. The van der Waals surface area contributed by atoms with Crippen molar-refractivity contribution in [3.8, 4) is 11.4 Å². The van der Waals surface area contributed by atoms with Crippen molar-refractivity contribution in [3.05, 3.63) is 69.3 Å². The quantitative estimate of drug-likeness (QED) is 0.512. The van der Waals surface area contributed by atoms with Crippen LogP contribution in [0.25, 0.3) is 11.4 Å². The van der Waals surface area contributed by atoms with Crippen LogP contribution in [0.1, 0.15) is 41.0 Å². The lowest BCUT2D eigenvalue weighted by Crippen LogP contribution is -2.13. The molecule has 1 aliphatic rings. The number of carbonyl (C=O) groups is 1. The van der Waals surface area contributed by atoms with Gasteiger partial charge in [0.25, 0.3) is 11.6 Å². The van der Waals surface area contributed by atoms with Crippen molar-refractivity contribution in [2.75, 3.05) is 5.32 Å². The minimum Gasteiger partial charge on any atom is -0.322 e. The van der Waals surface area contributed by atoms with Crippen LogP contribution >= 0.6 is 0 Å². The molecule has 4 rings (SSSR count). The first-order valence-corrected chi connectivity index (χ1v) is 9.72. The lowest BCUT2D eigenvalue weighted by atomic mass is 10.1. The van der Waals surface area contributed by atoms with Crippen LogP contribution in [0, 0.1) is 22.9 Å². The van der Waals surface area contributed by atoms with Gasteiger partial charge in [-0.25, -0.2) is 4.39 Å². The highest BCUT2D eigenvalue weighted by Crippen LogP contribution is 2.26. The molecular formula is C21H20FN5O3. The Morgan fingerprint density at radius 2 is 2.03 bits per heavy atom. The van der Waals surface area contributed by atoms with E-state index in [0.717, 1.165) is 61.6 Å². The number of fused-ring (bicyclic) bond motifs is 1. The van der Waals surface area contributed by atoms with Gasteiger partial charge in [0, 0.05) is 35.8 Å². The number of nitro benzene ring substituents is 1. The number of aryl methyl sites for hydroxylation is 1. The Morgan fingerprint density at radius 3 is 2.83 bits per heavy atom. The predicted molar refractivity (Wildman–Crippen MR) is 109 cm³/mol. The summed E-state index contributed by atoms with van der Waals surface area (Å²) < 4.78 is 16.1. The number of hydrogen-bond donors (Lipinski definition) is 1. The van der Waals surface area contributed by atoms with Gasteiger partial charge in [-0.05, 0) is 38.0 Å². The van der Waals surface area contributed by atoms with E-state index >= 15 is 0 Å². The second-order valence-electron chi connectivity index (χ2n) is 7.30. The van der Waals surface area contributed by atoms with E-state index in [1.54, 1.807) is 18.2 Å². The number of carbonyl (C=O) groups excluding carboxylic acids is 1. The number of nitrogens with zero attached hydrogens (tertiary/aromatic N) is 4. The van der Waals surface area contributed by atoms with Gasteiger partial charge in [0.05, 0.1) is 10.5 Å². The topological polar surface area (TPSA) is 103 Å². The third-order valence-electron chi connectivity index (χ3n) is 5.26. The second-order valence-corrected chi connectivity index (χ2v) is 7.30. The minimum absolute atomic E-state index is 0.106. The molecule has 0 spiro atoms. The average Bonchev–Trinajstić information content (AvgIpc) is 2.98. The Hall–Kier alpha value is -3.62. The molecule has 3 aromatic rings. The van der Waals surface area contributed by atoms with Gasteiger partial charge in [-0.15, -0.1) is 10.2 Å². The molecule has 9 heteroatoms. The number of aromatic nitrogens is 3. The molecule has 1 amide bonds. The van der Waals surface area contributed by atoms with Crippen molar-refractivity contribution in [1.82, 2.24) is 14.8 Å². The summed E-state index contributed by atoms with van der Waals surface area (Å²) in [6, 6.07) is 9.20. The van der Waals surface area contributed by atoms with Crippen LogP contribution in [-0.2, 0) is 13.0 Å². The molecule has 0 saturated heterocycles. The zero-order valence-electron chi connectivity index (χ0n) is 16.4. The Morgan fingerprint density at radius 1 is 1.20 bits per heavy atom. The van der Waals surface area contributed by atoms with E-state index < -0.39 is 22.3 Å². The first-order valence-electron chi connectivity index (χ1n) is 9.72. The second kappa shape index (κ2) is 8.02. The molecule has 0 bridgehead atoms. The van der Waals surface area contributed by atoms with Crippen LogP contribution in [0.4, 0.5) is 15.8 Å². The van der Waals surface area contributed by atoms with Crippen molar-refractivity contribution < 1.29 is 14.1 Å². The summed E-state index contributed by atoms with van der Waals surface area (Å²) in [5.74, 6) is 0.267. The number of anilines is 1. The Bertz CT molecular complexity index is 1140. The summed E-state index contributed by atoms with van der Waals surface area (Å²) in [6.07, 6.45) is 4.19. The third kappa shape index (κ3) is 3.78. The van der Waals surface area contributed by atoms with Crippen molar-refractivity contribution in [3.63, 3.8) is 0 Å². The monoisotopic (exact) mass is 409 g/mol. The molecule has 0 saturated carbocycles. The molecule has 0 atom stereocenters. The van der Waals surface area contributed by atoms with Crippen molar-refractivity contribution in [2.24, 2.45) is 0 Å². The number of nitrogens with one attached hydrogen (secondary N) is 1.